The Morgan fingerprint density at radius 3 is 3.04 bits per heavy atom. The molecule has 0 saturated carbocycles. The predicted octanol–water partition coefficient (Wildman–Crippen LogP) is 2.40. The van der Waals surface area contributed by atoms with Gasteiger partial charge in [-0.25, -0.2) is 4.79 Å². The lowest BCUT2D eigenvalue weighted by atomic mass is 9.98. The molecule has 8 heteroatoms. The Bertz CT molecular complexity index is 947. The fourth-order valence-electron chi connectivity index (χ4n) is 3.72. The molecular weight excluding hydrogens is 344 g/mol. The number of amides is 2. The average molecular weight is 368 g/mol. The molecule has 1 aliphatic heterocycles. The van der Waals surface area contributed by atoms with Crippen molar-refractivity contribution in [1.82, 2.24) is 30.1 Å². The van der Waals surface area contributed by atoms with Crippen LogP contribution >= 0.6 is 0 Å². The van der Waals surface area contributed by atoms with Crippen molar-refractivity contribution >= 4 is 16.9 Å². The topological polar surface area (TPSA) is 89.1 Å². The number of likely N-dealkylation sites (tertiary alicyclic amines) is 1. The number of carbonyl (C=O) groups excluding carboxylic acids is 1. The minimum atomic E-state index is -0.0452. The molecule has 1 unspecified atom stereocenters. The number of aryl methyl sites for hydroxylation is 2. The summed E-state index contributed by atoms with van der Waals surface area (Å²) < 4.78 is 7.17. The molecule has 2 aromatic heterocycles. The number of urea groups is 1. The maximum absolute atomic E-state index is 12.6. The third-order valence-corrected chi connectivity index (χ3v) is 5.07. The largest absolute Gasteiger partial charge is 0.339 e. The predicted molar refractivity (Wildman–Crippen MR) is 100 cm³/mol. The number of benzene rings is 1. The molecule has 1 saturated heterocycles. The molecule has 0 spiro atoms. The Balaban J connectivity index is 1.33. The van der Waals surface area contributed by atoms with Gasteiger partial charge in [0.25, 0.3) is 0 Å². The Hall–Kier alpha value is -2.90. The minimum absolute atomic E-state index is 0.0452. The number of hydrogen-bond acceptors (Lipinski definition) is 5. The number of carbonyl (C=O) groups is 1. The Labute approximate surface area is 157 Å². The van der Waals surface area contributed by atoms with Gasteiger partial charge < -0.3 is 14.7 Å². The van der Waals surface area contributed by atoms with Crippen LogP contribution in [0.1, 0.15) is 36.2 Å². The van der Waals surface area contributed by atoms with Gasteiger partial charge in [0.15, 0.2) is 5.82 Å². The number of para-hydroxylation sites is 1. The maximum Gasteiger partial charge on any atom is 0.317 e. The molecule has 0 aliphatic carbocycles. The summed E-state index contributed by atoms with van der Waals surface area (Å²) in [7, 11) is 1.94. The number of fused-ring (bicyclic) bond motifs is 1. The second kappa shape index (κ2) is 7.38. The summed E-state index contributed by atoms with van der Waals surface area (Å²) in [5.41, 5.74) is 2.11. The van der Waals surface area contributed by atoms with Crippen LogP contribution in [0.3, 0.4) is 0 Å². The first-order valence-electron chi connectivity index (χ1n) is 9.35. The molecule has 8 nitrogen and oxygen atoms in total. The first-order valence-corrected chi connectivity index (χ1v) is 9.35. The van der Waals surface area contributed by atoms with Crippen molar-refractivity contribution < 1.29 is 9.32 Å². The molecule has 1 atom stereocenters. The summed E-state index contributed by atoms with van der Waals surface area (Å²) in [4.78, 5) is 18.7. The van der Waals surface area contributed by atoms with Crippen LogP contribution in [0.15, 0.2) is 28.8 Å². The molecular formula is C19H24N6O2. The van der Waals surface area contributed by atoms with E-state index in [1.165, 1.54) is 0 Å². The van der Waals surface area contributed by atoms with Gasteiger partial charge in [-0.1, -0.05) is 23.4 Å². The van der Waals surface area contributed by atoms with E-state index >= 15 is 0 Å². The molecule has 3 heterocycles. The van der Waals surface area contributed by atoms with Gasteiger partial charge in [-0.15, -0.1) is 0 Å². The van der Waals surface area contributed by atoms with Crippen molar-refractivity contribution in [3.05, 3.63) is 41.7 Å². The number of nitrogens with zero attached hydrogens (tertiary/aromatic N) is 5. The van der Waals surface area contributed by atoms with Crippen LogP contribution in [-0.4, -0.2) is 50.5 Å². The highest BCUT2D eigenvalue weighted by Crippen LogP contribution is 2.25. The molecule has 4 rings (SSSR count). The van der Waals surface area contributed by atoms with E-state index in [9.17, 15) is 4.79 Å². The molecule has 1 aliphatic rings. The standard InChI is InChI=1S/C19H24N6O2/c1-13-21-18(27-23-13)14-6-5-11-25(12-14)19(26)20-10-9-16-15-7-3-4-8-17(15)24(2)22-16/h3-4,7-8,14H,5-6,9-12H2,1-2H3,(H,20,26). The number of piperidine rings is 1. The van der Waals surface area contributed by atoms with E-state index < -0.39 is 0 Å². The first kappa shape index (κ1) is 17.5. The van der Waals surface area contributed by atoms with Crippen molar-refractivity contribution in [3.8, 4) is 0 Å². The molecule has 2 amide bonds. The van der Waals surface area contributed by atoms with Crippen molar-refractivity contribution in [3.63, 3.8) is 0 Å². The molecule has 1 aromatic carbocycles. The van der Waals surface area contributed by atoms with Crippen LogP contribution in [0, 0.1) is 6.92 Å². The Kier molecular flexibility index (Phi) is 4.79. The Morgan fingerprint density at radius 1 is 1.37 bits per heavy atom. The summed E-state index contributed by atoms with van der Waals surface area (Å²) in [6, 6.07) is 8.10. The normalized spacial score (nSPS) is 17.4. The van der Waals surface area contributed by atoms with E-state index in [2.05, 4.69) is 32.7 Å². The third kappa shape index (κ3) is 3.65. The SMILES string of the molecule is Cc1noc(C2CCCN(C(=O)NCCc3nn(C)c4ccccc34)C2)n1. The first-order chi connectivity index (χ1) is 13.1. The smallest absolute Gasteiger partial charge is 0.317 e. The van der Waals surface area contributed by atoms with E-state index in [-0.39, 0.29) is 11.9 Å². The molecule has 0 bridgehead atoms. The van der Waals surface area contributed by atoms with Crippen LogP contribution in [0.25, 0.3) is 10.9 Å². The summed E-state index contributed by atoms with van der Waals surface area (Å²) in [6.07, 6.45) is 2.60. The van der Waals surface area contributed by atoms with Gasteiger partial charge in [-0.05, 0) is 25.8 Å². The van der Waals surface area contributed by atoms with Gasteiger partial charge >= 0.3 is 6.03 Å². The Morgan fingerprint density at radius 2 is 2.22 bits per heavy atom. The lowest BCUT2D eigenvalue weighted by Gasteiger charge is -2.31. The van der Waals surface area contributed by atoms with Gasteiger partial charge in [0.05, 0.1) is 17.1 Å². The van der Waals surface area contributed by atoms with E-state index in [0.29, 0.717) is 31.2 Å². The maximum atomic E-state index is 12.6. The summed E-state index contributed by atoms with van der Waals surface area (Å²) in [5, 5.41) is 12.6. The fraction of sp³-hybridized carbons (Fsp3) is 0.474. The number of aromatic nitrogens is 4. The van der Waals surface area contributed by atoms with E-state index in [1.54, 1.807) is 0 Å². The molecule has 27 heavy (non-hydrogen) atoms. The summed E-state index contributed by atoms with van der Waals surface area (Å²) >= 11 is 0. The molecule has 142 valence electrons. The second-order valence-corrected chi connectivity index (χ2v) is 7.03. The van der Waals surface area contributed by atoms with Crippen LogP contribution in [0.2, 0.25) is 0 Å². The zero-order valence-electron chi connectivity index (χ0n) is 15.7. The fourth-order valence-corrected chi connectivity index (χ4v) is 3.72. The second-order valence-electron chi connectivity index (χ2n) is 7.03. The monoisotopic (exact) mass is 368 g/mol. The van der Waals surface area contributed by atoms with Crippen molar-refractivity contribution in [2.24, 2.45) is 7.05 Å². The summed E-state index contributed by atoms with van der Waals surface area (Å²) in [5.74, 6) is 1.38. The van der Waals surface area contributed by atoms with Crippen LogP contribution in [0.4, 0.5) is 4.79 Å². The van der Waals surface area contributed by atoms with E-state index in [1.807, 2.05) is 35.7 Å². The molecule has 3 aromatic rings. The molecule has 1 fully saturated rings. The van der Waals surface area contributed by atoms with Gasteiger partial charge in [0.2, 0.25) is 5.89 Å². The van der Waals surface area contributed by atoms with Gasteiger partial charge in [0, 0.05) is 38.5 Å². The van der Waals surface area contributed by atoms with Crippen LogP contribution in [0.5, 0.6) is 0 Å². The highest BCUT2D eigenvalue weighted by molar-refractivity contribution is 5.82. The minimum Gasteiger partial charge on any atom is -0.339 e. The zero-order chi connectivity index (χ0) is 18.8. The van der Waals surface area contributed by atoms with Crippen molar-refractivity contribution in [2.45, 2.75) is 32.1 Å². The van der Waals surface area contributed by atoms with Crippen LogP contribution < -0.4 is 5.32 Å². The molecule has 1 N–H and O–H groups in total. The van der Waals surface area contributed by atoms with E-state index in [0.717, 1.165) is 36.0 Å². The average Bonchev–Trinajstić information content (AvgIpc) is 3.26. The van der Waals surface area contributed by atoms with Gasteiger partial charge in [0.1, 0.15) is 0 Å². The number of nitrogens with one attached hydrogen (secondary N) is 1. The van der Waals surface area contributed by atoms with Gasteiger partial charge in [-0.3, -0.25) is 4.68 Å². The zero-order valence-corrected chi connectivity index (χ0v) is 15.7. The quantitative estimate of drug-likeness (QED) is 0.764. The van der Waals surface area contributed by atoms with Crippen molar-refractivity contribution in [1.29, 1.82) is 0 Å². The van der Waals surface area contributed by atoms with Crippen LogP contribution in [-0.2, 0) is 13.5 Å². The van der Waals surface area contributed by atoms with Crippen molar-refractivity contribution in [2.75, 3.05) is 19.6 Å². The highest BCUT2D eigenvalue weighted by Gasteiger charge is 2.28. The highest BCUT2D eigenvalue weighted by atomic mass is 16.5. The number of hydrogen-bond donors (Lipinski definition) is 1. The lowest BCUT2D eigenvalue weighted by molar-refractivity contribution is 0.172. The lowest BCUT2D eigenvalue weighted by Crippen LogP contribution is -2.45. The van der Waals surface area contributed by atoms with E-state index in [4.69, 9.17) is 4.52 Å². The molecule has 0 radical (unpaired) electrons. The third-order valence-electron chi connectivity index (χ3n) is 5.07. The number of rotatable bonds is 4. The van der Waals surface area contributed by atoms with Gasteiger partial charge in [-0.2, -0.15) is 10.1 Å². The summed E-state index contributed by atoms with van der Waals surface area (Å²) in [6.45, 7) is 3.73.